The second-order valence-corrected chi connectivity index (χ2v) is 3.78. The fourth-order valence-corrected chi connectivity index (χ4v) is 1.80. The summed E-state index contributed by atoms with van der Waals surface area (Å²) in [6.07, 6.45) is 3.01. The van der Waals surface area contributed by atoms with Crippen LogP contribution in [0.25, 0.3) is 11.0 Å². The van der Waals surface area contributed by atoms with E-state index in [1.54, 1.807) is 23.1 Å². The highest BCUT2D eigenvalue weighted by Crippen LogP contribution is 2.16. The summed E-state index contributed by atoms with van der Waals surface area (Å²) in [5, 5.41) is 13.0. The molecule has 0 bridgehead atoms. The Morgan fingerprint density at radius 3 is 3.06 bits per heavy atom. The van der Waals surface area contributed by atoms with Crippen LogP contribution in [0.15, 0.2) is 30.9 Å². The van der Waals surface area contributed by atoms with Crippen LogP contribution in [0.1, 0.15) is 16.2 Å². The van der Waals surface area contributed by atoms with Gasteiger partial charge in [0.1, 0.15) is 30.5 Å². The van der Waals surface area contributed by atoms with Gasteiger partial charge in [-0.05, 0) is 12.1 Å². The zero-order valence-electron chi connectivity index (χ0n) is 9.24. The monoisotopic (exact) mass is 243 g/mol. The average Bonchev–Trinajstić information content (AvgIpc) is 2.96. The van der Waals surface area contributed by atoms with E-state index in [2.05, 4.69) is 20.1 Å². The van der Waals surface area contributed by atoms with Gasteiger partial charge in [-0.25, -0.2) is 19.4 Å². The predicted molar refractivity (Wildman–Crippen MR) is 62.2 cm³/mol. The normalized spacial score (nSPS) is 10.9. The van der Waals surface area contributed by atoms with Crippen molar-refractivity contribution in [2.24, 2.45) is 0 Å². The van der Waals surface area contributed by atoms with Crippen LogP contribution in [-0.2, 0) is 6.54 Å². The van der Waals surface area contributed by atoms with E-state index in [1.807, 2.05) is 0 Å². The molecule has 7 heteroatoms. The van der Waals surface area contributed by atoms with E-state index < -0.39 is 5.97 Å². The van der Waals surface area contributed by atoms with E-state index in [-0.39, 0.29) is 5.56 Å². The van der Waals surface area contributed by atoms with E-state index >= 15 is 0 Å². The number of nitrogens with zero attached hydrogens (tertiary/aromatic N) is 4. The number of benzene rings is 1. The summed E-state index contributed by atoms with van der Waals surface area (Å²) in [5.74, 6) is -0.344. The molecular formula is C11H9N5O2. The van der Waals surface area contributed by atoms with E-state index in [0.29, 0.717) is 23.4 Å². The number of carbonyl (C=O) groups is 1. The Hall–Kier alpha value is -2.70. The molecule has 0 aliphatic heterocycles. The molecule has 2 heterocycles. The first-order valence-corrected chi connectivity index (χ1v) is 5.27. The number of nitrogens with one attached hydrogen (secondary N) is 1. The smallest absolute Gasteiger partial charge is 0.337 e. The molecule has 2 aromatic heterocycles. The summed E-state index contributed by atoms with van der Waals surface area (Å²) in [5.41, 5.74) is 1.35. The summed E-state index contributed by atoms with van der Waals surface area (Å²) in [4.78, 5) is 22.2. The SMILES string of the molecule is O=C(O)c1cccc2[nH]c(Cn3cncn3)nc12. The van der Waals surface area contributed by atoms with Crippen molar-refractivity contribution in [2.75, 3.05) is 0 Å². The number of carboxylic acid groups (broad SMARTS) is 1. The summed E-state index contributed by atoms with van der Waals surface area (Å²) < 4.78 is 1.61. The number of aromatic carboxylic acids is 1. The third-order valence-corrected chi connectivity index (χ3v) is 2.57. The summed E-state index contributed by atoms with van der Waals surface area (Å²) in [6, 6.07) is 5.01. The summed E-state index contributed by atoms with van der Waals surface area (Å²) in [6.45, 7) is 0.424. The molecule has 7 nitrogen and oxygen atoms in total. The second-order valence-electron chi connectivity index (χ2n) is 3.78. The quantitative estimate of drug-likeness (QED) is 0.712. The Balaban J connectivity index is 2.05. The van der Waals surface area contributed by atoms with Crippen molar-refractivity contribution in [3.63, 3.8) is 0 Å². The number of aromatic amines is 1. The van der Waals surface area contributed by atoms with Gasteiger partial charge in [0.25, 0.3) is 0 Å². The molecule has 0 saturated carbocycles. The molecule has 0 unspecified atom stereocenters. The minimum atomic E-state index is -0.987. The number of carboxylic acids is 1. The van der Waals surface area contributed by atoms with Gasteiger partial charge in [0, 0.05) is 0 Å². The molecule has 3 aromatic rings. The summed E-state index contributed by atoms with van der Waals surface area (Å²) >= 11 is 0. The van der Waals surface area contributed by atoms with Crippen LogP contribution in [-0.4, -0.2) is 35.8 Å². The van der Waals surface area contributed by atoms with E-state index in [9.17, 15) is 4.79 Å². The lowest BCUT2D eigenvalue weighted by Crippen LogP contribution is -2.01. The van der Waals surface area contributed by atoms with Gasteiger partial charge in [0.2, 0.25) is 0 Å². The largest absolute Gasteiger partial charge is 0.478 e. The first-order chi connectivity index (χ1) is 8.74. The maximum absolute atomic E-state index is 11.1. The number of hydrogen-bond donors (Lipinski definition) is 2. The molecule has 0 saturated heterocycles. The third-order valence-electron chi connectivity index (χ3n) is 2.57. The minimum Gasteiger partial charge on any atom is -0.478 e. The van der Waals surface area contributed by atoms with Gasteiger partial charge in [0.05, 0.1) is 11.1 Å². The Morgan fingerprint density at radius 2 is 2.33 bits per heavy atom. The highest BCUT2D eigenvalue weighted by atomic mass is 16.4. The lowest BCUT2D eigenvalue weighted by atomic mass is 10.2. The van der Waals surface area contributed by atoms with Crippen molar-refractivity contribution >= 4 is 17.0 Å². The average molecular weight is 243 g/mol. The number of imidazole rings is 1. The topological polar surface area (TPSA) is 96.7 Å². The first kappa shape index (κ1) is 10.5. The number of rotatable bonds is 3. The molecule has 0 aliphatic rings. The number of para-hydroxylation sites is 1. The van der Waals surface area contributed by atoms with Crippen LogP contribution < -0.4 is 0 Å². The lowest BCUT2D eigenvalue weighted by Gasteiger charge is -1.94. The molecule has 18 heavy (non-hydrogen) atoms. The van der Waals surface area contributed by atoms with Gasteiger partial charge < -0.3 is 10.1 Å². The Bertz CT molecular complexity index is 701. The minimum absolute atomic E-state index is 0.189. The molecule has 0 fully saturated rings. The van der Waals surface area contributed by atoms with Crippen molar-refractivity contribution in [1.82, 2.24) is 24.7 Å². The predicted octanol–water partition coefficient (Wildman–Crippen LogP) is 0.901. The van der Waals surface area contributed by atoms with Crippen molar-refractivity contribution in [3.05, 3.63) is 42.2 Å². The Kier molecular flexibility index (Phi) is 2.30. The maximum Gasteiger partial charge on any atom is 0.337 e. The molecule has 0 atom stereocenters. The molecule has 3 rings (SSSR count). The van der Waals surface area contributed by atoms with Crippen LogP contribution in [0, 0.1) is 0 Å². The zero-order chi connectivity index (χ0) is 12.5. The molecular weight excluding hydrogens is 234 g/mol. The van der Waals surface area contributed by atoms with Gasteiger partial charge in [0.15, 0.2) is 0 Å². The highest BCUT2D eigenvalue weighted by molar-refractivity contribution is 6.00. The molecule has 90 valence electrons. The highest BCUT2D eigenvalue weighted by Gasteiger charge is 2.12. The van der Waals surface area contributed by atoms with E-state index in [1.165, 1.54) is 12.4 Å². The second kappa shape index (κ2) is 3.95. The van der Waals surface area contributed by atoms with Gasteiger partial charge in [-0.2, -0.15) is 5.10 Å². The molecule has 0 amide bonds. The van der Waals surface area contributed by atoms with E-state index in [0.717, 1.165) is 0 Å². The van der Waals surface area contributed by atoms with E-state index in [4.69, 9.17) is 5.11 Å². The number of fused-ring (bicyclic) bond motifs is 1. The van der Waals surface area contributed by atoms with Crippen molar-refractivity contribution in [3.8, 4) is 0 Å². The zero-order valence-corrected chi connectivity index (χ0v) is 9.24. The van der Waals surface area contributed by atoms with Crippen LogP contribution in [0.5, 0.6) is 0 Å². The Morgan fingerprint density at radius 1 is 1.44 bits per heavy atom. The molecule has 2 N–H and O–H groups in total. The van der Waals surface area contributed by atoms with Crippen LogP contribution in [0.2, 0.25) is 0 Å². The van der Waals surface area contributed by atoms with Crippen LogP contribution in [0.3, 0.4) is 0 Å². The van der Waals surface area contributed by atoms with Crippen molar-refractivity contribution in [1.29, 1.82) is 0 Å². The van der Waals surface area contributed by atoms with Gasteiger partial charge in [-0.1, -0.05) is 6.07 Å². The molecule has 1 aromatic carbocycles. The van der Waals surface area contributed by atoms with Gasteiger partial charge >= 0.3 is 5.97 Å². The van der Waals surface area contributed by atoms with Gasteiger partial charge in [-0.15, -0.1) is 0 Å². The first-order valence-electron chi connectivity index (χ1n) is 5.27. The number of H-pyrrole nitrogens is 1. The van der Waals surface area contributed by atoms with Gasteiger partial charge in [-0.3, -0.25) is 0 Å². The fraction of sp³-hybridized carbons (Fsp3) is 0.0909. The lowest BCUT2D eigenvalue weighted by molar-refractivity contribution is 0.0699. The summed E-state index contributed by atoms with van der Waals surface area (Å²) in [7, 11) is 0. The third kappa shape index (κ3) is 1.71. The standard InChI is InChI=1S/C11H9N5O2/c17-11(18)7-2-1-3-8-10(7)15-9(14-8)4-16-6-12-5-13-16/h1-3,5-6H,4H2,(H,14,15)(H,17,18). The van der Waals surface area contributed by atoms with Crippen molar-refractivity contribution < 1.29 is 9.90 Å². The maximum atomic E-state index is 11.1. The fourth-order valence-electron chi connectivity index (χ4n) is 1.80. The molecule has 0 radical (unpaired) electrons. The molecule has 0 aliphatic carbocycles. The number of aromatic nitrogens is 5. The molecule has 0 spiro atoms. The van der Waals surface area contributed by atoms with Crippen LogP contribution in [0.4, 0.5) is 0 Å². The van der Waals surface area contributed by atoms with Crippen LogP contribution >= 0.6 is 0 Å². The Labute approximate surface area is 101 Å². The van der Waals surface area contributed by atoms with Crippen molar-refractivity contribution in [2.45, 2.75) is 6.54 Å². The number of hydrogen-bond acceptors (Lipinski definition) is 4.